The van der Waals surface area contributed by atoms with Gasteiger partial charge in [-0.2, -0.15) is 8.78 Å². The molecule has 1 aromatic carbocycles. The molecule has 17 heavy (non-hydrogen) atoms. The van der Waals surface area contributed by atoms with E-state index >= 15 is 0 Å². The molecule has 0 radical (unpaired) electrons. The average Bonchev–Trinajstić information content (AvgIpc) is 3.09. The molecule has 1 aliphatic carbocycles. The van der Waals surface area contributed by atoms with Crippen LogP contribution in [-0.4, -0.2) is 6.61 Å². The molecular formula is C13H17F2NO. The minimum absolute atomic E-state index is 0.200. The number of nitrogens with two attached hydrogens (primary N) is 1. The molecule has 1 fully saturated rings. The predicted molar refractivity (Wildman–Crippen MR) is 62.0 cm³/mol. The Kier molecular flexibility index (Phi) is 3.94. The third kappa shape index (κ3) is 3.66. The first-order valence-corrected chi connectivity index (χ1v) is 5.96. The van der Waals surface area contributed by atoms with Crippen LogP contribution < -0.4 is 10.5 Å². The lowest BCUT2D eigenvalue weighted by atomic mass is 10.0. The molecule has 0 spiro atoms. The van der Waals surface area contributed by atoms with Gasteiger partial charge < -0.3 is 10.5 Å². The molecule has 0 heterocycles. The van der Waals surface area contributed by atoms with Gasteiger partial charge in [-0.25, -0.2) is 0 Å². The Morgan fingerprint density at radius 1 is 1.29 bits per heavy atom. The van der Waals surface area contributed by atoms with Crippen molar-refractivity contribution >= 4 is 0 Å². The topological polar surface area (TPSA) is 35.2 Å². The van der Waals surface area contributed by atoms with E-state index < -0.39 is 6.61 Å². The van der Waals surface area contributed by atoms with Crippen molar-refractivity contribution in [1.82, 2.24) is 0 Å². The zero-order chi connectivity index (χ0) is 12.3. The second-order valence-corrected chi connectivity index (χ2v) is 4.54. The van der Waals surface area contributed by atoms with Crippen LogP contribution in [0.4, 0.5) is 8.78 Å². The van der Waals surface area contributed by atoms with E-state index in [0.717, 1.165) is 18.8 Å². The highest BCUT2D eigenvalue weighted by Gasteiger charge is 2.23. The molecule has 0 aromatic heterocycles. The van der Waals surface area contributed by atoms with Crippen molar-refractivity contribution in [2.75, 3.05) is 0 Å². The lowest BCUT2D eigenvalue weighted by molar-refractivity contribution is -0.0506. The first-order chi connectivity index (χ1) is 8.16. The van der Waals surface area contributed by atoms with Gasteiger partial charge in [0.2, 0.25) is 0 Å². The van der Waals surface area contributed by atoms with Crippen LogP contribution in [0.1, 0.15) is 37.3 Å². The molecule has 0 bridgehead atoms. The van der Waals surface area contributed by atoms with Gasteiger partial charge in [0.05, 0.1) is 0 Å². The first-order valence-electron chi connectivity index (χ1n) is 5.96. The fourth-order valence-electron chi connectivity index (χ4n) is 1.97. The summed E-state index contributed by atoms with van der Waals surface area (Å²) in [5.74, 6) is 0.995. The predicted octanol–water partition coefficient (Wildman–Crippen LogP) is 3.48. The Morgan fingerprint density at radius 2 is 2.00 bits per heavy atom. The largest absolute Gasteiger partial charge is 0.434 e. The van der Waals surface area contributed by atoms with Crippen LogP contribution in [0, 0.1) is 5.92 Å². The third-order valence-electron chi connectivity index (χ3n) is 3.12. The summed E-state index contributed by atoms with van der Waals surface area (Å²) in [6.45, 7) is -2.80. The normalized spacial score (nSPS) is 17.2. The molecule has 1 atom stereocenters. The maximum Gasteiger partial charge on any atom is 0.387 e. The molecule has 0 saturated heterocycles. The summed E-state index contributed by atoms with van der Waals surface area (Å²) in [6, 6.07) is 6.55. The Bertz CT molecular complexity index is 366. The highest BCUT2D eigenvalue weighted by Crippen LogP contribution is 2.36. The number of benzene rings is 1. The molecule has 1 unspecified atom stereocenters. The van der Waals surface area contributed by atoms with Gasteiger partial charge >= 0.3 is 6.61 Å². The molecule has 4 heteroatoms. The summed E-state index contributed by atoms with van der Waals surface area (Å²) in [5.41, 5.74) is 6.70. The number of ether oxygens (including phenoxy) is 1. The van der Waals surface area contributed by atoms with Gasteiger partial charge in [0, 0.05) is 11.6 Å². The SMILES string of the molecule is NC(CCC1CC1)c1ccccc1OC(F)F. The van der Waals surface area contributed by atoms with Crippen molar-refractivity contribution in [3.05, 3.63) is 29.8 Å². The molecule has 0 aliphatic heterocycles. The second-order valence-electron chi connectivity index (χ2n) is 4.54. The molecule has 2 N–H and O–H groups in total. The van der Waals surface area contributed by atoms with Crippen molar-refractivity contribution in [1.29, 1.82) is 0 Å². The highest BCUT2D eigenvalue weighted by atomic mass is 19.3. The molecular weight excluding hydrogens is 224 g/mol. The van der Waals surface area contributed by atoms with Crippen molar-refractivity contribution < 1.29 is 13.5 Å². The fraction of sp³-hybridized carbons (Fsp3) is 0.538. The molecule has 0 amide bonds. The monoisotopic (exact) mass is 241 g/mol. The number of halogens is 2. The molecule has 94 valence electrons. The third-order valence-corrected chi connectivity index (χ3v) is 3.12. The van der Waals surface area contributed by atoms with Gasteiger partial charge in [0.25, 0.3) is 0 Å². The van der Waals surface area contributed by atoms with E-state index in [-0.39, 0.29) is 11.8 Å². The smallest absolute Gasteiger partial charge is 0.387 e. The fourth-order valence-corrected chi connectivity index (χ4v) is 1.97. The maximum atomic E-state index is 12.2. The summed E-state index contributed by atoms with van der Waals surface area (Å²) in [5, 5.41) is 0. The zero-order valence-electron chi connectivity index (χ0n) is 9.61. The standard InChI is InChI=1S/C13H17F2NO/c14-13(15)17-12-4-2-1-3-10(12)11(16)8-7-9-5-6-9/h1-4,9,11,13H,5-8,16H2. The van der Waals surface area contributed by atoms with Crippen LogP contribution in [0.15, 0.2) is 24.3 Å². The van der Waals surface area contributed by atoms with Crippen molar-refractivity contribution in [2.45, 2.75) is 38.3 Å². The van der Waals surface area contributed by atoms with Crippen LogP contribution in [-0.2, 0) is 0 Å². The maximum absolute atomic E-state index is 12.2. The molecule has 2 nitrogen and oxygen atoms in total. The summed E-state index contributed by atoms with van der Waals surface area (Å²) >= 11 is 0. The Balaban J connectivity index is 2.00. The average molecular weight is 241 g/mol. The Morgan fingerprint density at radius 3 is 2.65 bits per heavy atom. The van der Waals surface area contributed by atoms with Crippen LogP contribution in [0.2, 0.25) is 0 Å². The van der Waals surface area contributed by atoms with E-state index in [1.54, 1.807) is 24.3 Å². The van der Waals surface area contributed by atoms with E-state index in [9.17, 15) is 8.78 Å². The van der Waals surface area contributed by atoms with Crippen LogP contribution >= 0.6 is 0 Å². The molecule has 1 aromatic rings. The second kappa shape index (κ2) is 5.45. The van der Waals surface area contributed by atoms with E-state index in [1.165, 1.54) is 12.8 Å². The van der Waals surface area contributed by atoms with Gasteiger partial charge in [-0.1, -0.05) is 31.0 Å². The van der Waals surface area contributed by atoms with E-state index in [4.69, 9.17) is 5.73 Å². The van der Waals surface area contributed by atoms with Crippen LogP contribution in [0.25, 0.3) is 0 Å². The summed E-state index contributed by atoms with van der Waals surface area (Å²) in [6.07, 6.45) is 4.46. The van der Waals surface area contributed by atoms with Crippen molar-refractivity contribution in [3.63, 3.8) is 0 Å². The lowest BCUT2D eigenvalue weighted by Gasteiger charge is -2.16. The minimum Gasteiger partial charge on any atom is -0.434 e. The van der Waals surface area contributed by atoms with Gasteiger partial charge in [0.1, 0.15) is 5.75 Å². The number of hydrogen-bond acceptors (Lipinski definition) is 2. The number of para-hydroxylation sites is 1. The molecule has 1 aliphatic rings. The van der Waals surface area contributed by atoms with E-state index in [1.807, 2.05) is 0 Å². The van der Waals surface area contributed by atoms with Gasteiger partial charge in [-0.05, 0) is 24.8 Å². The van der Waals surface area contributed by atoms with Gasteiger partial charge in [-0.15, -0.1) is 0 Å². The Hall–Kier alpha value is -1.16. The summed E-state index contributed by atoms with van der Waals surface area (Å²) in [4.78, 5) is 0. The molecule has 2 rings (SSSR count). The lowest BCUT2D eigenvalue weighted by Crippen LogP contribution is -2.13. The first kappa shape index (κ1) is 12.3. The van der Waals surface area contributed by atoms with Crippen molar-refractivity contribution in [3.8, 4) is 5.75 Å². The summed E-state index contributed by atoms with van der Waals surface area (Å²) < 4.78 is 28.9. The van der Waals surface area contributed by atoms with Crippen LogP contribution in [0.5, 0.6) is 5.75 Å². The molecule has 1 saturated carbocycles. The van der Waals surface area contributed by atoms with Gasteiger partial charge in [-0.3, -0.25) is 0 Å². The number of alkyl halides is 2. The quantitative estimate of drug-likeness (QED) is 0.827. The Labute approximate surface area is 99.8 Å². The zero-order valence-corrected chi connectivity index (χ0v) is 9.61. The van der Waals surface area contributed by atoms with E-state index in [0.29, 0.717) is 5.56 Å². The van der Waals surface area contributed by atoms with E-state index in [2.05, 4.69) is 4.74 Å². The summed E-state index contributed by atoms with van der Waals surface area (Å²) in [7, 11) is 0. The highest BCUT2D eigenvalue weighted by molar-refractivity contribution is 5.35. The van der Waals surface area contributed by atoms with Crippen LogP contribution in [0.3, 0.4) is 0 Å². The number of hydrogen-bond donors (Lipinski definition) is 1. The van der Waals surface area contributed by atoms with Crippen molar-refractivity contribution in [2.24, 2.45) is 11.7 Å². The minimum atomic E-state index is -2.80. The van der Waals surface area contributed by atoms with Gasteiger partial charge in [0.15, 0.2) is 0 Å². The number of rotatable bonds is 6.